The summed E-state index contributed by atoms with van der Waals surface area (Å²) in [6.45, 7) is 8.91. The van der Waals surface area contributed by atoms with Crippen molar-refractivity contribution in [3.8, 4) is 11.5 Å². The normalized spacial score (nSPS) is 15.1. The van der Waals surface area contributed by atoms with Crippen molar-refractivity contribution in [2.24, 2.45) is 0 Å². The molecular weight excluding hydrogens is 394 g/mol. The van der Waals surface area contributed by atoms with Crippen molar-refractivity contribution in [3.05, 3.63) is 68.6 Å². The van der Waals surface area contributed by atoms with E-state index in [1.807, 2.05) is 45.0 Å². The Bertz CT molecular complexity index is 1210. The van der Waals surface area contributed by atoms with Crippen molar-refractivity contribution < 1.29 is 18.7 Å². The fourth-order valence-electron chi connectivity index (χ4n) is 4.07. The first kappa shape index (κ1) is 21.0. The summed E-state index contributed by atoms with van der Waals surface area (Å²) in [4.78, 5) is 26.1. The lowest BCUT2D eigenvalue weighted by Crippen LogP contribution is -2.22. The Kier molecular flexibility index (Phi) is 5.72. The molecule has 1 amide bonds. The van der Waals surface area contributed by atoms with E-state index < -0.39 is 6.04 Å². The van der Waals surface area contributed by atoms with Crippen LogP contribution in [0.25, 0.3) is 11.0 Å². The number of nitrogens with one attached hydrogen (secondary N) is 1. The summed E-state index contributed by atoms with van der Waals surface area (Å²) in [6.07, 6.45) is 1.99. The summed E-state index contributed by atoms with van der Waals surface area (Å²) < 4.78 is 17.5. The molecule has 0 saturated heterocycles. The van der Waals surface area contributed by atoms with Crippen molar-refractivity contribution >= 4 is 16.9 Å². The zero-order valence-electron chi connectivity index (χ0n) is 18.3. The van der Waals surface area contributed by atoms with E-state index >= 15 is 0 Å². The highest BCUT2D eigenvalue weighted by molar-refractivity contribution is 5.99. The number of carbonyl (C=O) groups is 1. The molecule has 1 aliphatic heterocycles. The van der Waals surface area contributed by atoms with Crippen LogP contribution in [0.4, 0.5) is 0 Å². The van der Waals surface area contributed by atoms with Crippen LogP contribution in [0.5, 0.6) is 11.5 Å². The average molecular weight is 421 g/mol. The van der Waals surface area contributed by atoms with Gasteiger partial charge in [-0.3, -0.25) is 9.59 Å². The summed E-state index contributed by atoms with van der Waals surface area (Å²) in [5.41, 5.74) is 3.15. The number of fused-ring (bicyclic) bond motifs is 2. The highest BCUT2D eigenvalue weighted by Crippen LogP contribution is 2.36. The molecule has 2 aromatic carbocycles. The number of benzene rings is 2. The van der Waals surface area contributed by atoms with Gasteiger partial charge in [-0.2, -0.15) is 0 Å². The minimum Gasteiger partial charge on any atom is -0.490 e. The van der Waals surface area contributed by atoms with E-state index in [4.69, 9.17) is 13.9 Å². The van der Waals surface area contributed by atoms with Crippen LogP contribution in [-0.2, 0) is 0 Å². The van der Waals surface area contributed by atoms with Gasteiger partial charge in [-0.1, -0.05) is 25.5 Å². The summed E-state index contributed by atoms with van der Waals surface area (Å²) in [7, 11) is 0. The van der Waals surface area contributed by atoms with E-state index in [1.54, 1.807) is 6.07 Å². The predicted molar refractivity (Wildman–Crippen MR) is 119 cm³/mol. The lowest BCUT2D eigenvalue weighted by molar-refractivity contribution is 0.0937. The maximum atomic E-state index is 13.4. The van der Waals surface area contributed by atoms with Gasteiger partial charge in [0, 0.05) is 0 Å². The Morgan fingerprint density at radius 2 is 1.84 bits per heavy atom. The quantitative estimate of drug-likeness (QED) is 0.554. The molecule has 1 atom stereocenters. The van der Waals surface area contributed by atoms with Crippen LogP contribution >= 0.6 is 0 Å². The van der Waals surface area contributed by atoms with Crippen LogP contribution in [0.3, 0.4) is 0 Å². The van der Waals surface area contributed by atoms with E-state index in [0.29, 0.717) is 41.2 Å². The van der Waals surface area contributed by atoms with Gasteiger partial charge in [-0.25, -0.2) is 0 Å². The number of hydrogen-bond acceptors (Lipinski definition) is 5. The number of rotatable bonds is 7. The highest BCUT2D eigenvalue weighted by Gasteiger charge is 2.36. The standard InChI is InChI=1S/C25H27NO5/c1-5-7-10-30-17-9-8-16(13-18(17)29-6-2)22-21-23(27)20-15(4)11-14(3)12-19(20)31-24(21)25(28)26-22/h8-9,11-13,22H,5-7,10H2,1-4H3,(H,26,28). The molecule has 4 rings (SSSR count). The van der Waals surface area contributed by atoms with Crippen molar-refractivity contribution in [2.75, 3.05) is 13.2 Å². The molecule has 1 aliphatic rings. The monoisotopic (exact) mass is 421 g/mol. The molecule has 0 spiro atoms. The first-order chi connectivity index (χ1) is 14.9. The number of aryl methyl sites for hydroxylation is 2. The topological polar surface area (TPSA) is 77.8 Å². The second-order valence-electron chi connectivity index (χ2n) is 7.88. The van der Waals surface area contributed by atoms with Crippen LogP contribution in [0.1, 0.15) is 65.5 Å². The minimum absolute atomic E-state index is 0.0775. The smallest absolute Gasteiger partial charge is 0.288 e. The van der Waals surface area contributed by atoms with Crippen LogP contribution < -0.4 is 20.2 Å². The number of carbonyl (C=O) groups excluding carboxylic acids is 1. The van der Waals surface area contributed by atoms with Crippen LogP contribution in [0.15, 0.2) is 39.5 Å². The van der Waals surface area contributed by atoms with Crippen molar-refractivity contribution in [1.82, 2.24) is 5.32 Å². The van der Waals surface area contributed by atoms with Gasteiger partial charge in [0.25, 0.3) is 5.91 Å². The van der Waals surface area contributed by atoms with Gasteiger partial charge in [0.1, 0.15) is 5.58 Å². The zero-order valence-corrected chi connectivity index (χ0v) is 18.3. The van der Waals surface area contributed by atoms with Crippen molar-refractivity contribution in [2.45, 2.75) is 46.6 Å². The van der Waals surface area contributed by atoms with Crippen molar-refractivity contribution in [1.29, 1.82) is 0 Å². The number of ether oxygens (including phenoxy) is 2. The molecule has 0 saturated carbocycles. The van der Waals surface area contributed by atoms with Gasteiger partial charge in [0.15, 0.2) is 16.9 Å². The molecule has 6 heteroatoms. The zero-order chi connectivity index (χ0) is 22.1. The molecule has 2 heterocycles. The Hall–Kier alpha value is -3.28. The van der Waals surface area contributed by atoms with Gasteiger partial charge in [0.2, 0.25) is 5.76 Å². The molecule has 0 fully saturated rings. The van der Waals surface area contributed by atoms with E-state index in [1.165, 1.54) is 0 Å². The second-order valence-corrected chi connectivity index (χ2v) is 7.88. The molecule has 1 aromatic heterocycles. The van der Waals surface area contributed by atoms with Crippen LogP contribution in [0, 0.1) is 13.8 Å². The van der Waals surface area contributed by atoms with Gasteiger partial charge >= 0.3 is 0 Å². The van der Waals surface area contributed by atoms with Gasteiger partial charge in [0.05, 0.1) is 30.2 Å². The van der Waals surface area contributed by atoms with Gasteiger partial charge < -0.3 is 19.2 Å². The van der Waals surface area contributed by atoms with E-state index in [2.05, 4.69) is 12.2 Å². The summed E-state index contributed by atoms with van der Waals surface area (Å²) in [6, 6.07) is 8.65. The molecule has 162 valence electrons. The third kappa shape index (κ3) is 3.78. The van der Waals surface area contributed by atoms with Gasteiger partial charge in [-0.15, -0.1) is 0 Å². The predicted octanol–water partition coefficient (Wildman–Crippen LogP) is 4.82. The molecule has 0 aliphatic carbocycles. The SMILES string of the molecule is CCCCOc1ccc(C2NC(=O)c3oc4cc(C)cc(C)c4c(=O)c32)cc1OCC. The Morgan fingerprint density at radius 1 is 1.03 bits per heavy atom. The first-order valence-electron chi connectivity index (χ1n) is 10.7. The summed E-state index contributed by atoms with van der Waals surface area (Å²) >= 11 is 0. The molecular formula is C25H27NO5. The van der Waals surface area contributed by atoms with E-state index in [-0.39, 0.29) is 17.1 Å². The minimum atomic E-state index is -0.604. The Balaban J connectivity index is 1.81. The molecule has 3 aromatic rings. The third-order valence-corrected chi connectivity index (χ3v) is 5.50. The lowest BCUT2D eigenvalue weighted by Gasteiger charge is -2.17. The third-order valence-electron chi connectivity index (χ3n) is 5.50. The largest absolute Gasteiger partial charge is 0.490 e. The van der Waals surface area contributed by atoms with E-state index in [0.717, 1.165) is 29.5 Å². The number of hydrogen-bond donors (Lipinski definition) is 1. The fraction of sp³-hybridized carbons (Fsp3) is 0.360. The fourth-order valence-corrected chi connectivity index (χ4v) is 4.07. The maximum absolute atomic E-state index is 13.4. The number of unbranched alkanes of at least 4 members (excludes halogenated alkanes) is 1. The highest BCUT2D eigenvalue weighted by atomic mass is 16.5. The Morgan fingerprint density at radius 3 is 2.58 bits per heavy atom. The molecule has 0 bridgehead atoms. The molecule has 1 N–H and O–H groups in total. The van der Waals surface area contributed by atoms with Crippen LogP contribution in [-0.4, -0.2) is 19.1 Å². The molecule has 6 nitrogen and oxygen atoms in total. The molecule has 31 heavy (non-hydrogen) atoms. The Labute approximate surface area is 181 Å². The first-order valence-corrected chi connectivity index (χ1v) is 10.7. The number of amides is 1. The van der Waals surface area contributed by atoms with Crippen molar-refractivity contribution in [3.63, 3.8) is 0 Å². The maximum Gasteiger partial charge on any atom is 0.288 e. The second kappa shape index (κ2) is 8.46. The van der Waals surface area contributed by atoms with Gasteiger partial charge in [-0.05, 0) is 62.1 Å². The average Bonchev–Trinajstić information content (AvgIpc) is 3.05. The molecule has 0 radical (unpaired) electrons. The summed E-state index contributed by atoms with van der Waals surface area (Å²) in [5.74, 6) is 0.935. The van der Waals surface area contributed by atoms with Crippen LogP contribution in [0.2, 0.25) is 0 Å². The summed E-state index contributed by atoms with van der Waals surface area (Å²) in [5, 5.41) is 3.41. The lowest BCUT2D eigenvalue weighted by atomic mass is 9.97. The molecule has 1 unspecified atom stereocenters. The van der Waals surface area contributed by atoms with E-state index in [9.17, 15) is 9.59 Å².